The van der Waals surface area contributed by atoms with Crippen LogP contribution in [0, 0.1) is 0 Å². The monoisotopic (exact) mass is 244 g/mol. The van der Waals surface area contributed by atoms with E-state index in [2.05, 4.69) is 0 Å². The standard InChI is InChI=1S/C13H10O3.C2H6/c14-10-5-3-4-9(8-10)11-6-1-2-7-12(11)13(15)16;1-2/h1-8,14H,(H,15,16);1-2H3. The van der Waals surface area contributed by atoms with Crippen LogP contribution in [0.4, 0.5) is 0 Å². The molecule has 3 heteroatoms. The van der Waals surface area contributed by atoms with E-state index in [9.17, 15) is 9.90 Å². The van der Waals surface area contributed by atoms with Crippen LogP contribution in [0.25, 0.3) is 11.1 Å². The average Bonchev–Trinajstić information content (AvgIpc) is 2.41. The first-order valence-electron chi connectivity index (χ1n) is 5.80. The molecule has 0 radical (unpaired) electrons. The lowest BCUT2D eigenvalue weighted by molar-refractivity contribution is 0.0697. The van der Waals surface area contributed by atoms with Gasteiger partial charge in [0.2, 0.25) is 0 Å². The Morgan fingerprint density at radius 1 is 1.00 bits per heavy atom. The molecule has 0 amide bonds. The van der Waals surface area contributed by atoms with E-state index in [1.54, 1.807) is 48.5 Å². The third kappa shape index (κ3) is 3.10. The molecular weight excluding hydrogens is 228 g/mol. The zero-order valence-electron chi connectivity index (χ0n) is 10.4. The minimum atomic E-state index is -0.973. The molecule has 0 bridgehead atoms. The van der Waals surface area contributed by atoms with Crippen molar-refractivity contribution in [2.75, 3.05) is 0 Å². The van der Waals surface area contributed by atoms with Crippen LogP contribution >= 0.6 is 0 Å². The van der Waals surface area contributed by atoms with Crippen molar-refractivity contribution in [3.8, 4) is 16.9 Å². The van der Waals surface area contributed by atoms with Crippen molar-refractivity contribution < 1.29 is 15.0 Å². The minimum absolute atomic E-state index is 0.123. The van der Waals surface area contributed by atoms with E-state index in [4.69, 9.17) is 5.11 Å². The van der Waals surface area contributed by atoms with Gasteiger partial charge in [-0.15, -0.1) is 0 Å². The fourth-order valence-corrected chi connectivity index (χ4v) is 1.59. The molecule has 2 aromatic carbocycles. The predicted octanol–water partition coefficient (Wildman–Crippen LogP) is 3.78. The van der Waals surface area contributed by atoms with Crippen LogP contribution < -0.4 is 0 Å². The van der Waals surface area contributed by atoms with Gasteiger partial charge in [-0.2, -0.15) is 0 Å². The highest BCUT2D eigenvalue weighted by Crippen LogP contribution is 2.26. The Morgan fingerprint density at radius 2 is 1.67 bits per heavy atom. The van der Waals surface area contributed by atoms with Gasteiger partial charge in [-0.3, -0.25) is 0 Å². The maximum Gasteiger partial charge on any atom is 0.336 e. The van der Waals surface area contributed by atoms with Crippen molar-refractivity contribution in [3.63, 3.8) is 0 Å². The molecule has 0 saturated heterocycles. The topological polar surface area (TPSA) is 57.5 Å². The molecule has 2 N–H and O–H groups in total. The van der Waals surface area contributed by atoms with Gasteiger partial charge in [0.05, 0.1) is 5.56 Å². The Labute approximate surface area is 106 Å². The number of carbonyl (C=O) groups is 1. The molecule has 0 spiro atoms. The van der Waals surface area contributed by atoms with Gasteiger partial charge in [0.15, 0.2) is 0 Å². The molecule has 2 aromatic rings. The largest absolute Gasteiger partial charge is 0.508 e. The second kappa shape index (κ2) is 6.45. The van der Waals surface area contributed by atoms with Crippen LogP contribution in [0.1, 0.15) is 24.2 Å². The Hall–Kier alpha value is -2.29. The van der Waals surface area contributed by atoms with Crippen molar-refractivity contribution in [3.05, 3.63) is 54.1 Å². The Kier molecular flexibility index (Phi) is 4.93. The summed E-state index contributed by atoms with van der Waals surface area (Å²) in [5.41, 5.74) is 1.53. The summed E-state index contributed by atoms with van der Waals surface area (Å²) in [7, 11) is 0. The molecular formula is C15H16O3. The van der Waals surface area contributed by atoms with Gasteiger partial charge in [0.25, 0.3) is 0 Å². The van der Waals surface area contributed by atoms with Crippen molar-refractivity contribution in [1.82, 2.24) is 0 Å². The third-order valence-electron chi connectivity index (χ3n) is 2.31. The van der Waals surface area contributed by atoms with E-state index in [0.717, 1.165) is 0 Å². The summed E-state index contributed by atoms with van der Waals surface area (Å²) in [5.74, 6) is -0.850. The lowest BCUT2D eigenvalue weighted by Crippen LogP contribution is -1.98. The highest BCUT2D eigenvalue weighted by atomic mass is 16.4. The number of hydrogen-bond acceptors (Lipinski definition) is 2. The first-order chi connectivity index (χ1) is 8.68. The van der Waals surface area contributed by atoms with Crippen LogP contribution in [-0.4, -0.2) is 16.2 Å². The maximum absolute atomic E-state index is 11.0. The average molecular weight is 244 g/mol. The zero-order valence-corrected chi connectivity index (χ0v) is 10.4. The summed E-state index contributed by atoms with van der Waals surface area (Å²) in [5, 5.41) is 18.4. The van der Waals surface area contributed by atoms with E-state index in [0.29, 0.717) is 11.1 Å². The summed E-state index contributed by atoms with van der Waals surface area (Å²) in [6, 6.07) is 13.3. The van der Waals surface area contributed by atoms with Gasteiger partial charge in [0, 0.05) is 0 Å². The number of carboxylic acids is 1. The first kappa shape index (κ1) is 13.8. The number of aromatic carboxylic acids is 1. The summed E-state index contributed by atoms with van der Waals surface area (Å²) in [6.07, 6.45) is 0. The van der Waals surface area contributed by atoms with Crippen molar-refractivity contribution >= 4 is 5.97 Å². The lowest BCUT2D eigenvalue weighted by atomic mass is 10.00. The number of carboxylic acid groups (broad SMARTS) is 1. The molecule has 0 aromatic heterocycles. The second-order valence-corrected chi connectivity index (χ2v) is 3.40. The molecule has 94 valence electrons. The van der Waals surface area contributed by atoms with Gasteiger partial charge >= 0.3 is 5.97 Å². The fraction of sp³-hybridized carbons (Fsp3) is 0.133. The molecule has 2 rings (SSSR count). The molecule has 0 unspecified atom stereocenters. The number of hydrogen-bond donors (Lipinski definition) is 2. The van der Waals surface area contributed by atoms with Crippen LogP contribution in [0.2, 0.25) is 0 Å². The molecule has 0 aliphatic heterocycles. The normalized spacial score (nSPS) is 9.22. The van der Waals surface area contributed by atoms with Gasteiger partial charge in [-0.1, -0.05) is 44.2 Å². The summed E-state index contributed by atoms with van der Waals surface area (Å²) in [4.78, 5) is 11.0. The van der Waals surface area contributed by atoms with Gasteiger partial charge in [-0.25, -0.2) is 4.79 Å². The fourth-order valence-electron chi connectivity index (χ4n) is 1.59. The Bertz CT molecular complexity index is 533. The first-order valence-corrected chi connectivity index (χ1v) is 5.80. The number of rotatable bonds is 2. The molecule has 0 aliphatic carbocycles. The second-order valence-electron chi connectivity index (χ2n) is 3.40. The Balaban J connectivity index is 0.000000771. The van der Waals surface area contributed by atoms with Gasteiger partial charge < -0.3 is 10.2 Å². The van der Waals surface area contributed by atoms with Crippen LogP contribution in [0.5, 0.6) is 5.75 Å². The van der Waals surface area contributed by atoms with Crippen molar-refractivity contribution in [1.29, 1.82) is 0 Å². The van der Waals surface area contributed by atoms with E-state index in [-0.39, 0.29) is 11.3 Å². The van der Waals surface area contributed by atoms with E-state index in [1.165, 1.54) is 0 Å². The minimum Gasteiger partial charge on any atom is -0.508 e. The molecule has 0 fully saturated rings. The maximum atomic E-state index is 11.0. The van der Waals surface area contributed by atoms with Crippen molar-refractivity contribution in [2.24, 2.45) is 0 Å². The number of aromatic hydroxyl groups is 1. The quantitative estimate of drug-likeness (QED) is 0.845. The third-order valence-corrected chi connectivity index (χ3v) is 2.31. The molecule has 0 atom stereocenters. The smallest absolute Gasteiger partial charge is 0.336 e. The number of phenols is 1. The number of phenolic OH excluding ortho intramolecular Hbond substituents is 1. The molecule has 18 heavy (non-hydrogen) atoms. The van der Waals surface area contributed by atoms with Gasteiger partial charge in [0.1, 0.15) is 5.75 Å². The predicted molar refractivity (Wildman–Crippen MR) is 71.9 cm³/mol. The van der Waals surface area contributed by atoms with E-state index < -0.39 is 5.97 Å². The SMILES string of the molecule is CC.O=C(O)c1ccccc1-c1cccc(O)c1. The molecule has 0 saturated carbocycles. The highest BCUT2D eigenvalue weighted by molar-refractivity contribution is 5.96. The van der Waals surface area contributed by atoms with Gasteiger partial charge in [-0.05, 0) is 29.3 Å². The summed E-state index contributed by atoms with van der Waals surface area (Å²) < 4.78 is 0. The summed E-state index contributed by atoms with van der Waals surface area (Å²) in [6.45, 7) is 4.00. The van der Waals surface area contributed by atoms with Crippen LogP contribution in [0.3, 0.4) is 0 Å². The van der Waals surface area contributed by atoms with Crippen LogP contribution in [0.15, 0.2) is 48.5 Å². The lowest BCUT2D eigenvalue weighted by Gasteiger charge is -2.06. The summed E-state index contributed by atoms with van der Waals surface area (Å²) >= 11 is 0. The van der Waals surface area contributed by atoms with E-state index in [1.807, 2.05) is 13.8 Å². The van der Waals surface area contributed by atoms with E-state index >= 15 is 0 Å². The molecule has 0 heterocycles. The van der Waals surface area contributed by atoms with Crippen LogP contribution in [-0.2, 0) is 0 Å². The molecule has 0 aliphatic rings. The zero-order chi connectivity index (χ0) is 13.5. The highest BCUT2D eigenvalue weighted by Gasteiger charge is 2.10. The number of benzene rings is 2. The van der Waals surface area contributed by atoms with Crippen molar-refractivity contribution in [2.45, 2.75) is 13.8 Å². The molecule has 3 nitrogen and oxygen atoms in total. The Morgan fingerprint density at radius 3 is 2.28 bits per heavy atom.